The van der Waals surface area contributed by atoms with Gasteiger partial charge in [-0.2, -0.15) is 0 Å². The van der Waals surface area contributed by atoms with Crippen LogP contribution in [0.25, 0.3) is 99.2 Å². The van der Waals surface area contributed by atoms with Gasteiger partial charge >= 0.3 is 0 Å². The predicted molar refractivity (Wildman–Crippen MR) is 174 cm³/mol. The van der Waals surface area contributed by atoms with Gasteiger partial charge in [0, 0.05) is 21.5 Å². The van der Waals surface area contributed by atoms with Crippen molar-refractivity contribution < 1.29 is 8.83 Å². The van der Waals surface area contributed by atoms with E-state index in [-0.39, 0.29) is 0 Å². The van der Waals surface area contributed by atoms with Gasteiger partial charge in [-0.3, -0.25) is 0 Å². The lowest BCUT2D eigenvalue weighted by atomic mass is 9.92. The normalized spacial score (nSPS) is 12.3. The molecule has 0 aliphatic heterocycles. The highest BCUT2D eigenvalue weighted by atomic mass is 16.3. The lowest BCUT2D eigenvalue weighted by molar-refractivity contribution is 0.668. The summed E-state index contributed by atoms with van der Waals surface area (Å²) in [6.07, 6.45) is 0. The highest BCUT2D eigenvalue weighted by Gasteiger charge is 2.23. The summed E-state index contributed by atoms with van der Waals surface area (Å²) in [5.41, 5.74) is 13.6. The number of furan rings is 2. The summed E-state index contributed by atoms with van der Waals surface area (Å²) in [6.45, 7) is 0. The van der Waals surface area contributed by atoms with Crippen LogP contribution in [0, 0.1) is 0 Å². The second-order valence-corrected chi connectivity index (χ2v) is 11.2. The molecule has 1 aliphatic carbocycles. The SMILES string of the molecule is c1ccc2c(c1)-c1cccc3c(-c4ccc5oc6cccc(-c7cccc8oc9ccccc9c78)c6c5c4)ccc-2c13. The van der Waals surface area contributed by atoms with Crippen molar-refractivity contribution in [1.29, 1.82) is 0 Å². The van der Waals surface area contributed by atoms with E-state index in [0.717, 1.165) is 55.0 Å². The van der Waals surface area contributed by atoms with Crippen molar-refractivity contribution in [2.75, 3.05) is 0 Å². The molecule has 2 aromatic heterocycles. The summed E-state index contributed by atoms with van der Waals surface area (Å²) in [6, 6.07) is 47.6. The third kappa shape index (κ3) is 2.83. The molecule has 9 aromatic rings. The molecule has 0 saturated heterocycles. The first-order chi connectivity index (χ1) is 20.8. The molecule has 194 valence electrons. The average Bonchev–Trinajstić information content (AvgIpc) is 3.72. The summed E-state index contributed by atoms with van der Waals surface area (Å²) < 4.78 is 12.7. The van der Waals surface area contributed by atoms with Crippen molar-refractivity contribution in [3.8, 4) is 44.5 Å². The Morgan fingerprint density at radius 1 is 0.286 bits per heavy atom. The summed E-state index contributed by atoms with van der Waals surface area (Å²) in [5.74, 6) is 0. The minimum atomic E-state index is 0.889. The Morgan fingerprint density at radius 2 is 0.786 bits per heavy atom. The summed E-state index contributed by atoms with van der Waals surface area (Å²) in [5, 5.41) is 7.14. The van der Waals surface area contributed by atoms with Crippen LogP contribution < -0.4 is 0 Å². The Bertz CT molecular complexity index is 2550. The molecule has 0 unspecified atom stereocenters. The monoisotopic (exact) mass is 534 g/mol. The van der Waals surface area contributed by atoms with Crippen LogP contribution >= 0.6 is 0 Å². The van der Waals surface area contributed by atoms with E-state index in [1.807, 2.05) is 12.1 Å². The molecule has 2 heterocycles. The Hall–Kier alpha value is -5.60. The molecular weight excluding hydrogens is 512 g/mol. The average molecular weight is 535 g/mol. The molecule has 0 bridgehead atoms. The van der Waals surface area contributed by atoms with Crippen molar-refractivity contribution >= 4 is 54.6 Å². The molecule has 0 spiro atoms. The van der Waals surface area contributed by atoms with Gasteiger partial charge in [-0.05, 0) is 85.6 Å². The zero-order valence-electron chi connectivity index (χ0n) is 22.5. The topological polar surface area (TPSA) is 26.3 Å². The first-order valence-corrected chi connectivity index (χ1v) is 14.4. The van der Waals surface area contributed by atoms with Gasteiger partial charge in [-0.1, -0.05) is 103 Å². The number of para-hydroxylation sites is 1. The maximum Gasteiger partial charge on any atom is 0.136 e. The van der Waals surface area contributed by atoms with Crippen LogP contribution in [-0.4, -0.2) is 0 Å². The maximum absolute atomic E-state index is 6.44. The minimum absolute atomic E-state index is 0.889. The fraction of sp³-hybridized carbons (Fsp3) is 0. The van der Waals surface area contributed by atoms with Gasteiger partial charge in [-0.25, -0.2) is 0 Å². The fourth-order valence-corrected chi connectivity index (χ4v) is 7.28. The summed E-state index contributed by atoms with van der Waals surface area (Å²) >= 11 is 0. The molecule has 1 aliphatic rings. The number of hydrogen-bond donors (Lipinski definition) is 0. The zero-order chi connectivity index (χ0) is 27.4. The van der Waals surface area contributed by atoms with Crippen molar-refractivity contribution in [1.82, 2.24) is 0 Å². The van der Waals surface area contributed by atoms with Crippen LogP contribution in [0.2, 0.25) is 0 Å². The van der Waals surface area contributed by atoms with E-state index >= 15 is 0 Å². The molecule has 0 amide bonds. The number of fused-ring (bicyclic) bond motifs is 9. The molecule has 0 saturated carbocycles. The van der Waals surface area contributed by atoms with Crippen molar-refractivity contribution in [3.63, 3.8) is 0 Å². The highest BCUT2D eigenvalue weighted by molar-refractivity contribution is 6.21. The fourth-order valence-electron chi connectivity index (χ4n) is 7.28. The van der Waals surface area contributed by atoms with Crippen LogP contribution in [-0.2, 0) is 0 Å². The third-order valence-electron chi connectivity index (χ3n) is 9.05. The van der Waals surface area contributed by atoms with E-state index in [4.69, 9.17) is 8.83 Å². The van der Waals surface area contributed by atoms with Gasteiger partial charge in [0.05, 0.1) is 0 Å². The van der Waals surface area contributed by atoms with Gasteiger partial charge in [0.1, 0.15) is 22.3 Å². The first kappa shape index (κ1) is 22.1. The van der Waals surface area contributed by atoms with Crippen molar-refractivity contribution in [2.24, 2.45) is 0 Å². The van der Waals surface area contributed by atoms with Crippen molar-refractivity contribution in [3.05, 3.63) is 133 Å². The first-order valence-electron chi connectivity index (χ1n) is 14.4. The summed E-state index contributed by atoms with van der Waals surface area (Å²) in [7, 11) is 0. The number of rotatable bonds is 2. The molecule has 2 heteroatoms. The Balaban J connectivity index is 1.24. The van der Waals surface area contributed by atoms with Crippen LogP contribution in [0.3, 0.4) is 0 Å². The Kier molecular flexibility index (Phi) is 4.21. The number of hydrogen-bond acceptors (Lipinski definition) is 2. The van der Waals surface area contributed by atoms with Crippen LogP contribution in [0.5, 0.6) is 0 Å². The van der Waals surface area contributed by atoms with Gasteiger partial charge in [-0.15, -0.1) is 0 Å². The van der Waals surface area contributed by atoms with E-state index in [0.29, 0.717) is 0 Å². The largest absolute Gasteiger partial charge is 0.456 e. The minimum Gasteiger partial charge on any atom is -0.456 e. The molecule has 0 atom stereocenters. The van der Waals surface area contributed by atoms with Crippen molar-refractivity contribution in [2.45, 2.75) is 0 Å². The summed E-state index contributed by atoms with van der Waals surface area (Å²) in [4.78, 5) is 0. The van der Waals surface area contributed by atoms with E-state index < -0.39 is 0 Å². The van der Waals surface area contributed by atoms with Gasteiger partial charge < -0.3 is 8.83 Å². The third-order valence-corrected chi connectivity index (χ3v) is 9.05. The van der Waals surface area contributed by atoms with Crippen LogP contribution in [0.1, 0.15) is 0 Å². The smallest absolute Gasteiger partial charge is 0.136 e. The van der Waals surface area contributed by atoms with E-state index in [1.54, 1.807) is 0 Å². The lowest BCUT2D eigenvalue weighted by Crippen LogP contribution is -1.84. The molecule has 42 heavy (non-hydrogen) atoms. The van der Waals surface area contributed by atoms with Gasteiger partial charge in [0.2, 0.25) is 0 Å². The van der Waals surface area contributed by atoms with Gasteiger partial charge in [0.25, 0.3) is 0 Å². The highest BCUT2D eigenvalue weighted by Crippen LogP contribution is 2.50. The van der Waals surface area contributed by atoms with Crippen LogP contribution in [0.4, 0.5) is 0 Å². The standard InChI is InChI=1S/C40H22O2/c1-2-9-26-25(8-1)28-12-5-11-27-24(19-20-31(26)38(27)28)23-18-21-35-33(22-23)40-30(14-7-17-37(40)42-35)29-13-6-16-36-39(29)32-10-3-4-15-34(32)41-36/h1-22H. The molecule has 7 aromatic carbocycles. The second kappa shape index (κ2) is 7.99. The maximum atomic E-state index is 6.44. The molecule has 0 fully saturated rings. The Labute approximate surface area is 241 Å². The van der Waals surface area contributed by atoms with E-state index in [9.17, 15) is 0 Å². The molecule has 2 nitrogen and oxygen atoms in total. The Morgan fingerprint density at radius 3 is 1.55 bits per heavy atom. The van der Waals surface area contributed by atoms with Crippen LogP contribution in [0.15, 0.2) is 142 Å². The van der Waals surface area contributed by atoms with E-state index in [2.05, 4.69) is 121 Å². The molecular formula is C40H22O2. The lowest BCUT2D eigenvalue weighted by Gasteiger charge is -2.10. The number of benzene rings is 7. The van der Waals surface area contributed by atoms with Gasteiger partial charge in [0.15, 0.2) is 0 Å². The predicted octanol–water partition coefficient (Wildman–Crippen LogP) is 11.6. The molecule has 10 rings (SSSR count). The zero-order valence-corrected chi connectivity index (χ0v) is 22.5. The molecule has 0 N–H and O–H groups in total. The second-order valence-electron chi connectivity index (χ2n) is 11.2. The van der Waals surface area contributed by atoms with E-state index in [1.165, 1.54) is 44.2 Å². The molecule has 0 radical (unpaired) electrons. The quantitative estimate of drug-likeness (QED) is 0.220.